The fraction of sp³-hybridized carbons (Fsp3) is 0.545. The smallest absolute Gasteiger partial charge is 0.306 e. The lowest BCUT2D eigenvalue weighted by molar-refractivity contribution is -0.158. The molecule has 3 heterocycles. The Morgan fingerprint density at radius 3 is 2.63 bits per heavy atom. The lowest BCUT2D eigenvalue weighted by Gasteiger charge is -2.51. The number of benzene rings is 1. The van der Waals surface area contributed by atoms with Gasteiger partial charge < -0.3 is 15.0 Å². The Hall–Kier alpha value is -2.32. The minimum Gasteiger partial charge on any atom is -0.469 e. The van der Waals surface area contributed by atoms with Crippen molar-refractivity contribution in [2.24, 2.45) is 5.41 Å². The van der Waals surface area contributed by atoms with Crippen molar-refractivity contribution in [3.8, 4) is 5.69 Å². The molecule has 0 aliphatic carbocycles. The number of rotatable bonds is 6. The zero-order chi connectivity index (χ0) is 21.5. The van der Waals surface area contributed by atoms with Crippen LogP contribution in [0.1, 0.15) is 29.3 Å². The third-order valence-electron chi connectivity index (χ3n) is 6.35. The first kappa shape index (κ1) is 20.9. The van der Waals surface area contributed by atoms with Gasteiger partial charge in [-0.3, -0.25) is 4.79 Å². The van der Waals surface area contributed by atoms with Gasteiger partial charge in [0.05, 0.1) is 36.9 Å². The van der Waals surface area contributed by atoms with E-state index in [1.165, 1.54) is 7.11 Å². The van der Waals surface area contributed by atoms with Gasteiger partial charge in [0.25, 0.3) is 5.92 Å². The Morgan fingerprint density at radius 1 is 1.27 bits per heavy atom. The van der Waals surface area contributed by atoms with Crippen LogP contribution in [0.15, 0.2) is 30.3 Å². The molecule has 2 saturated heterocycles. The number of esters is 1. The first-order chi connectivity index (χ1) is 14.2. The number of hydrogen-bond acceptors (Lipinski definition) is 5. The second-order valence-electron chi connectivity index (χ2n) is 8.67. The quantitative estimate of drug-likeness (QED) is 0.731. The highest BCUT2D eigenvalue weighted by Crippen LogP contribution is 2.47. The number of carbonyl (C=O) groups is 1. The third kappa shape index (κ3) is 3.74. The van der Waals surface area contributed by atoms with Gasteiger partial charge in [-0.2, -0.15) is 5.10 Å². The first-order valence-electron chi connectivity index (χ1n) is 10.2. The van der Waals surface area contributed by atoms with Crippen LogP contribution in [0.25, 0.3) is 5.69 Å². The second-order valence-corrected chi connectivity index (χ2v) is 8.67. The monoisotopic (exact) mass is 418 g/mol. The average Bonchev–Trinajstić information content (AvgIpc) is 3.18. The molecule has 2 aliphatic rings. The van der Waals surface area contributed by atoms with Crippen LogP contribution in [0.3, 0.4) is 0 Å². The molecule has 1 spiro atoms. The average molecular weight is 418 g/mol. The standard InChI is InChI=1S/C22H28F2N4O2/c1-15-7-16(2)28(26-15)19-6-4-5-17(8-19)18(9-20(29)30-3)10-27-13-21(14-27)11-25-12-22(21,23)24/h4-8,18,25H,9-14H2,1-3H3/t18-/m1/s1. The maximum absolute atomic E-state index is 14.3. The van der Waals surface area contributed by atoms with Crippen LogP contribution in [-0.4, -0.2) is 66.4 Å². The van der Waals surface area contributed by atoms with Crippen molar-refractivity contribution in [2.75, 3.05) is 39.8 Å². The van der Waals surface area contributed by atoms with E-state index in [1.54, 1.807) is 0 Å². The fourth-order valence-corrected chi connectivity index (χ4v) is 4.74. The molecule has 0 amide bonds. The number of ether oxygens (including phenoxy) is 1. The molecule has 0 bridgehead atoms. The number of alkyl halides is 2. The summed E-state index contributed by atoms with van der Waals surface area (Å²) in [5.74, 6) is -3.13. The zero-order valence-electron chi connectivity index (χ0n) is 17.6. The van der Waals surface area contributed by atoms with Crippen molar-refractivity contribution >= 4 is 5.97 Å². The Labute approximate surface area is 175 Å². The SMILES string of the molecule is COC(=O)C[C@H](CN1CC2(CNCC2(F)F)C1)c1cccc(-n2nc(C)cc2C)c1. The Kier molecular flexibility index (Phi) is 5.40. The van der Waals surface area contributed by atoms with E-state index in [-0.39, 0.29) is 24.9 Å². The number of halogens is 2. The molecule has 0 radical (unpaired) electrons. The van der Waals surface area contributed by atoms with Crippen LogP contribution in [0.4, 0.5) is 8.78 Å². The summed E-state index contributed by atoms with van der Waals surface area (Å²) in [6.07, 6.45) is 0.204. The Morgan fingerprint density at radius 2 is 2.03 bits per heavy atom. The van der Waals surface area contributed by atoms with E-state index in [0.717, 1.165) is 22.6 Å². The number of aryl methyl sites for hydroxylation is 2. The van der Waals surface area contributed by atoms with E-state index >= 15 is 0 Å². The summed E-state index contributed by atoms with van der Waals surface area (Å²) in [6.45, 7) is 5.23. The van der Waals surface area contributed by atoms with Gasteiger partial charge >= 0.3 is 5.97 Å². The molecule has 0 unspecified atom stereocenters. The molecule has 162 valence electrons. The number of methoxy groups -OCH3 is 1. The van der Waals surface area contributed by atoms with Gasteiger partial charge in [0.1, 0.15) is 0 Å². The molecular formula is C22H28F2N4O2. The van der Waals surface area contributed by atoms with Crippen LogP contribution >= 0.6 is 0 Å². The lowest BCUT2D eigenvalue weighted by atomic mass is 9.75. The minimum absolute atomic E-state index is 0.144. The van der Waals surface area contributed by atoms with Crippen molar-refractivity contribution in [3.05, 3.63) is 47.3 Å². The van der Waals surface area contributed by atoms with Crippen molar-refractivity contribution in [1.82, 2.24) is 20.0 Å². The van der Waals surface area contributed by atoms with E-state index in [4.69, 9.17) is 4.74 Å². The van der Waals surface area contributed by atoms with E-state index in [0.29, 0.717) is 26.2 Å². The molecule has 4 rings (SSSR count). The third-order valence-corrected chi connectivity index (χ3v) is 6.35. The summed E-state index contributed by atoms with van der Waals surface area (Å²) in [7, 11) is 1.37. The normalized spacial score (nSPS) is 20.8. The fourth-order valence-electron chi connectivity index (χ4n) is 4.74. The van der Waals surface area contributed by atoms with Crippen LogP contribution in [0.5, 0.6) is 0 Å². The number of carbonyl (C=O) groups excluding carboxylic acids is 1. The van der Waals surface area contributed by atoms with Gasteiger partial charge in [-0.05, 0) is 37.6 Å². The summed E-state index contributed by atoms with van der Waals surface area (Å²) >= 11 is 0. The summed E-state index contributed by atoms with van der Waals surface area (Å²) in [6, 6.07) is 9.92. The number of nitrogens with one attached hydrogen (secondary N) is 1. The molecule has 1 N–H and O–H groups in total. The predicted octanol–water partition coefficient (Wildman–Crippen LogP) is 2.68. The van der Waals surface area contributed by atoms with E-state index in [9.17, 15) is 13.6 Å². The summed E-state index contributed by atoms with van der Waals surface area (Å²) < 4.78 is 35.3. The second kappa shape index (κ2) is 7.74. The lowest BCUT2D eigenvalue weighted by Crippen LogP contribution is -2.64. The molecule has 2 fully saturated rings. The zero-order valence-corrected chi connectivity index (χ0v) is 17.6. The number of hydrogen-bond donors (Lipinski definition) is 1. The van der Waals surface area contributed by atoms with Gasteiger partial charge in [-0.15, -0.1) is 0 Å². The minimum atomic E-state index is -2.68. The predicted molar refractivity (Wildman–Crippen MR) is 109 cm³/mol. The maximum atomic E-state index is 14.3. The van der Waals surface area contributed by atoms with Crippen LogP contribution in [0, 0.1) is 19.3 Å². The molecule has 2 aromatic rings. The van der Waals surface area contributed by atoms with Gasteiger partial charge in [0.2, 0.25) is 0 Å². The van der Waals surface area contributed by atoms with E-state index < -0.39 is 11.3 Å². The van der Waals surface area contributed by atoms with Gasteiger partial charge in [0.15, 0.2) is 0 Å². The number of aromatic nitrogens is 2. The summed E-state index contributed by atoms with van der Waals surface area (Å²) in [5.41, 5.74) is 2.87. The molecule has 30 heavy (non-hydrogen) atoms. The number of nitrogens with zero attached hydrogens (tertiary/aromatic N) is 3. The number of likely N-dealkylation sites (tertiary alicyclic amines) is 1. The molecule has 1 aromatic carbocycles. The first-order valence-corrected chi connectivity index (χ1v) is 10.2. The van der Waals surface area contributed by atoms with Gasteiger partial charge in [-0.25, -0.2) is 13.5 Å². The van der Waals surface area contributed by atoms with Crippen molar-refractivity contribution in [2.45, 2.75) is 32.1 Å². The molecule has 6 nitrogen and oxygen atoms in total. The van der Waals surface area contributed by atoms with Gasteiger partial charge in [-0.1, -0.05) is 12.1 Å². The molecule has 1 aromatic heterocycles. The molecular weight excluding hydrogens is 390 g/mol. The van der Waals surface area contributed by atoms with Crippen molar-refractivity contribution in [1.29, 1.82) is 0 Å². The molecule has 0 saturated carbocycles. The highest BCUT2D eigenvalue weighted by molar-refractivity contribution is 5.70. The molecule has 1 atom stereocenters. The van der Waals surface area contributed by atoms with Crippen LogP contribution < -0.4 is 5.32 Å². The van der Waals surface area contributed by atoms with Crippen molar-refractivity contribution < 1.29 is 18.3 Å². The van der Waals surface area contributed by atoms with Crippen molar-refractivity contribution in [3.63, 3.8) is 0 Å². The maximum Gasteiger partial charge on any atom is 0.306 e. The highest BCUT2D eigenvalue weighted by atomic mass is 19.3. The summed E-state index contributed by atoms with van der Waals surface area (Å²) in [5, 5.41) is 7.36. The molecule has 2 aliphatic heterocycles. The van der Waals surface area contributed by atoms with E-state index in [2.05, 4.69) is 10.4 Å². The largest absolute Gasteiger partial charge is 0.469 e. The van der Waals surface area contributed by atoms with E-state index in [1.807, 2.05) is 53.8 Å². The topological polar surface area (TPSA) is 59.4 Å². The Balaban J connectivity index is 1.54. The highest BCUT2D eigenvalue weighted by Gasteiger charge is 2.63. The Bertz CT molecular complexity index is 937. The van der Waals surface area contributed by atoms with Crippen LogP contribution in [0.2, 0.25) is 0 Å². The van der Waals surface area contributed by atoms with Crippen LogP contribution in [-0.2, 0) is 9.53 Å². The van der Waals surface area contributed by atoms with Gasteiger partial charge in [0, 0.05) is 37.8 Å². The summed E-state index contributed by atoms with van der Waals surface area (Å²) in [4.78, 5) is 14.1. The molecule has 8 heteroatoms.